The summed E-state index contributed by atoms with van der Waals surface area (Å²) in [6.07, 6.45) is 1.57. The van der Waals surface area contributed by atoms with Crippen LogP contribution in [0.2, 0.25) is 0 Å². The predicted molar refractivity (Wildman–Crippen MR) is 92.3 cm³/mol. The molecule has 0 spiro atoms. The van der Waals surface area contributed by atoms with Gasteiger partial charge in [-0.05, 0) is 32.9 Å². The molecule has 1 amide bonds. The highest BCUT2D eigenvalue weighted by atomic mass is 16.2. The Labute approximate surface area is 138 Å². The molecule has 0 bridgehead atoms. The second kappa shape index (κ2) is 5.92. The quantitative estimate of drug-likeness (QED) is 0.799. The molecule has 0 radical (unpaired) electrons. The minimum absolute atomic E-state index is 0.0915. The third-order valence-corrected chi connectivity index (χ3v) is 3.89. The van der Waals surface area contributed by atoms with Crippen LogP contribution in [-0.4, -0.2) is 25.2 Å². The van der Waals surface area contributed by atoms with Crippen LogP contribution in [0, 0.1) is 13.8 Å². The minimum atomic E-state index is -0.451. The van der Waals surface area contributed by atoms with Crippen LogP contribution in [-0.2, 0) is 13.6 Å². The van der Waals surface area contributed by atoms with E-state index in [0.717, 1.165) is 11.4 Å². The fourth-order valence-electron chi connectivity index (χ4n) is 2.67. The number of pyridine rings is 2. The molecule has 3 aromatic rings. The average Bonchev–Trinajstić information content (AvgIpc) is 2.85. The molecule has 7 nitrogen and oxygen atoms in total. The van der Waals surface area contributed by atoms with Crippen molar-refractivity contribution in [2.75, 3.05) is 5.32 Å². The Balaban J connectivity index is 2.10. The highest BCUT2D eigenvalue weighted by Crippen LogP contribution is 2.13. The zero-order chi connectivity index (χ0) is 17.4. The van der Waals surface area contributed by atoms with E-state index in [1.54, 1.807) is 36.1 Å². The molecule has 124 valence electrons. The van der Waals surface area contributed by atoms with Gasteiger partial charge in [0.15, 0.2) is 0 Å². The molecule has 0 fully saturated rings. The molecular formula is C17H19N5O2. The standard InChI is InChI=1S/C17H19N5O2/c1-5-22-9-13(15(23)12-7-6-10(2)18-16(12)22)17(24)19-14-8-11(3)20-21(14)4/h6-9H,5H2,1-4H3,(H,19,24). The predicted octanol–water partition coefficient (Wildman–Crippen LogP) is 2.02. The molecule has 3 rings (SSSR count). The van der Waals surface area contributed by atoms with Crippen molar-refractivity contribution in [3.63, 3.8) is 0 Å². The van der Waals surface area contributed by atoms with E-state index in [1.807, 2.05) is 25.3 Å². The molecule has 3 aromatic heterocycles. The van der Waals surface area contributed by atoms with Gasteiger partial charge in [-0.1, -0.05) is 0 Å². The minimum Gasteiger partial charge on any atom is -0.332 e. The number of carbonyl (C=O) groups is 1. The van der Waals surface area contributed by atoms with Crippen LogP contribution in [0.1, 0.15) is 28.7 Å². The zero-order valence-corrected chi connectivity index (χ0v) is 14.1. The number of nitrogens with one attached hydrogen (secondary N) is 1. The number of rotatable bonds is 3. The number of hydrogen-bond acceptors (Lipinski definition) is 4. The molecule has 0 aliphatic heterocycles. The number of fused-ring (bicyclic) bond motifs is 1. The zero-order valence-electron chi connectivity index (χ0n) is 14.1. The second-order valence-electron chi connectivity index (χ2n) is 5.73. The Morgan fingerprint density at radius 1 is 1.25 bits per heavy atom. The number of carbonyl (C=O) groups excluding carboxylic acids is 1. The number of anilines is 1. The van der Waals surface area contributed by atoms with E-state index in [9.17, 15) is 9.59 Å². The topological polar surface area (TPSA) is 81.8 Å². The van der Waals surface area contributed by atoms with Gasteiger partial charge in [0.2, 0.25) is 5.43 Å². The molecule has 0 aliphatic carbocycles. The summed E-state index contributed by atoms with van der Waals surface area (Å²) < 4.78 is 3.38. The number of aryl methyl sites for hydroxylation is 4. The first kappa shape index (κ1) is 15.9. The lowest BCUT2D eigenvalue weighted by molar-refractivity contribution is 0.102. The smallest absolute Gasteiger partial charge is 0.262 e. The molecule has 1 N–H and O–H groups in total. The van der Waals surface area contributed by atoms with Crippen molar-refractivity contribution >= 4 is 22.8 Å². The van der Waals surface area contributed by atoms with Crippen molar-refractivity contribution in [1.29, 1.82) is 0 Å². The summed E-state index contributed by atoms with van der Waals surface area (Å²) in [5.41, 5.74) is 1.98. The Hall–Kier alpha value is -2.96. The van der Waals surface area contributed by atoms with E-state index in [2.05, 4.69) is 15.4 Å². The summed E-state index contributed by atoms with van der Waals surface area (Å²) in [5.74, 6) is 0.0924. The maximum Gasteiger partial charge on any atom is 0.262 e. The van der Waals surface area contributed by atoms with Gasteiger partial charge < -0.3 is 9.88 Å². The largest absolute Gasteiger partial charge is 0.332 e. The third-order valence-electron chi connectivity index (χ3n) is 3.89. The number of hydrogen-bond donors (Lipinski definition) is 1. The van der Waals surface area contributed by atoms with Gasteiger partial charge in [-0.15, -0.1) is 0 Å². The number of nitrogens with zero attached hydrogens (tertiary/aromatic N) is 4. The van der Waals surface area contributed by atoms with E-state index in [-0.39, 0.29) is 11.0 Å². The van der Waals surface area contributed by atoms with Crippen LogP contribution in [0.25, 0.3) is 11.0 Å². The molecule has 0 aromatic carbocycles. The van der Waals surface area contributed by atoms with Crippen LogP contribution >= 0.6 is 0 Å². The van der Waals surface area contributed by atoms with Crippen LogP contribution in [0.5, 0.6) is 0 Å². The molecule has 0 unspecified atom stereocenters. The van der Waals surface area contributed by atoms with Gasteiger partial charge in [-0.2, -0.15) is 5.10 Å². The Morgan fingerprint density at radius 2 is 2.00 bits per heavy atom. The summed E-state index contributed by atoms with van der Waals surface area (Å²) in [7, 11) is 1.74. The van der Waals surface area contributed by atoms with Crippen LogP contribution in [0.15, 0.2) is 29.2 Å². The Bertz CT molecular complexity index is 1000. The summed E-state index contributed by atoms with van der Waals surface area (Å²) in [6.45, 7) is 6.26. The summed E-state index contributed by atoms with van der Waals surface area (Å²) in [6, 6.07) is 5.25. The molecule has 7 heteroatoms. The molecule has 3 heterocycles. The van der Waals surface area contributed by atoms with Gasteiger partial charge in [0.25, 0.3) is 5.91 Å². The first-order chi connectivity index (χ1) is 11.4. The normalized spacial score (nSPS) is 11.0. The number of amides is 1. The average molecular weight is 325 g/mol. The Morgan fingerprint density at radius 3 is 2.62 bits per heavy atom. The summed E-state index contributed by atoms with van der Waals surface area (Å²) in [4.78, 5) is 29.7. The van der Waals surface area contributed by atoms with E-state index in [1.165, 1.54) is 0 Å². The van der Waals surface area contributed by atoms with E-state index < -0.39 is 5.91 Å². The first-order valence-electron chi connectivity index (χ1n) is 7.73. The second-order valence-corrected chi connectivity index (χ2v) is 5.73. The van der Waals surface area contributed by atoms with Gasteiger partial charge in [-0.25, -0.2) is 4.98 Å². The molecule has 0 saturated heterocycles. The summed E-state index contributed by atoms with van der Waals surface area (Å²) in [5, 5.41) is 7.37. The monoisotopic (exact) mass is 325 g/mol. The van der Waals surface area contributed by atoms with Crippen LogP contribution < -0.4 is 10.7 Å². The van der Waals surface area contributed by atoms with E-state index in [4.69, 9.17) is 0 Å². The van der Waals surface area contributed by atoms with Crippen molar-refractivity contribution in [3.05, 3.63) is 51.6 Å². The molecule has 0 aliphatic rings. The van der Waals surface area contributed by atoms with Crippen molar-refractivity contribution in [3.8, 4) is 0 Å². The van der Waals surface area contributed by atoms with Crippen LogP contribution in [0.4, 0.5) is 5.82 Å². The third kappa shape index (κ3) is 2.68. The molecule has 0 atom stereocenters. The highest BCUT2D eigenvalue weighted by Gasteiger charge is 2.17. The SMILES string of the molecule is CCn1cc(C(=O)Nc2cc(C)nn2C)c(=O)c2ccc(C)nc21. The van der Waals surface area contributed by atoms with E-state index >= 15 is 0 Å². The molecule has 24 heavy (non-hydrogen) atoms. The van der Waals surface area contributed by atoms with Crippen molar-refractivity contribution < 1.29 is 4.79 Å². The van der Waals surface area contributed by atoms with Gasteiger partial charge in [0, 0.05) is 31.5 Å². The van der Waals surface area contributed by atoms with Gasteiger partial charge in [-0.3, -0.25) is 14.3 Å². The van der Waals surface area contributed by atoms with Gasteiger partial charge in [0.05, 0.1) is 11.1 Å². The number of aromatic nitrogens is 4. The van der Waals surface area contributed by atoms with Crippen molar-refractivity contribution in [2.45, 2.75) is 27.3 Å². The maximum absolute atomic E-state index is 12.7. The lowest BCUT2D eigenvalue weighted by atomic mass is 10.1. The summed E-state index contributed by atoms with van der Waals surface area (Å²) >= 11 is 0. The van der Waals surface area contributed by atoms with Crippen LogP contribution in [0.3, 0.4) is 0 Å². The van der Waals surface area contributed by atoms with Crippen molar-refractivity contribution in [1.82, 2.24) is 19.3 Å². The Kier molecular flexibility index (Phi) is 3.92. The van der Waals surface area contributed by atoms with Gasteiger partial charge >= 0.3 is 0 Å². The fraction of sp³-hybridized carbons (Fsp3) is 0.294. The van der Waals surface area contributed by atoms with Crippen molar-refractivity contribution in [2.24, 2.45) is 7.05 Å². The van der Waals surface area contributed by atoms with Gasteiger partial charge in [0.1, 0.15) is 17.0 Å². The lowest BCUT2D eigenvalue weighted by Gasteiger charge is -2.11. The lowest BCUT2D eigenvalue weighted by Crippen LogP contribution is -2.25. The highest BCUT2D eigenvalue weighted by molar-refractivity contribution is 6.05. The van der Waals surface area contributed by atoms with E-state index in [0.29, 0.717) is 23.4 Å². The fourth-order valence-corrected chi connectivity index (χ4v) is 2.67. The first-order valence-corrected chi connectivity index (χ1v) is 7.73. The molecular weight excluding hydrogens is 306 g/mol. The maximum atomic E-state index is 12.7. The molecule has 0 saturated carbocycles.